The van der Waals surface area contributed by atoms with Gasteiger partial charge in [-0.15, -0.1) is 11.8 Å². The zero-order chi connectivity index (χ0) is 14.2. The standard InChI is InChI=1S/C16H19ClN2S/c1-2-10-18-15(13-7-4-3-5-8-13)12-20-16-14(17)9-6-11-19-16/h3-9,11,15,18H,2,10,12H2,1H3. The van der Waals surface area contributed by atoms with Gasteiger partial charge in [0.1, 0.15) is 5.03 Å². The first-order valence-electron chi connectivity index (χ1n) is 6.83. The van der Waals surface area contributed by atoms with E-state index in [0.29, 0.717) is 6.04 Å². The number of rotatable bonds is 7. The normalized spacial score (nSPS) is 12.3. The van der Waals surface area contributed by atoms with Crippen molar-refractivity contribution in [2.75, 3.05) is 12.3 Å². The molecule has 0 aliphatic rings. The van der Waals surface area contributed by atoms with Crippen LogP contribution in [-0.4, -0.2) is 17.3 Å². The summed E-state index contributed by atoms with van der Waals surface area (Å²) in [4.78, 5) is 4.33. The first-order chi connectivity index (χ1) is 9.81. The summed E-state index contributed by atoms with van der Waals surface area (Å²) in [5, 5.41) is 5.20. The molecule has 4 heteroatoms. The molecule has 0 bridgehead atoms. The molecule has 1 N–H and O–H groups in total. The Hall–Kier alpha value is -1.03. The van der Waals surface area contributed by atoms with E-state index >= 15 is 0 Å². The first-order valence-corrected chi connectivity index (χ1v) is 8.19. The van der Waals surface area contributed by atoms with Crippen molar-refractivity contribution >= 4 is 23.4 Å². The van der Waals surface area contributed by atoms with Gasteiger partial charge in [0, 0.05) is 18.0 Å². The van der Waals surface area contributed by atoms with E-state index in [1.807, 2.05) is 18.2 Å². The average molecular weight is 307 g/mol. The van der Waals surface area contributed by atoms with Crippen LogP contribution in [-0.2, 0) is 0 Å². The molecule has 0 aliphatic carbocycles. The van der Waals surface area contributed by atoms with Crippen molar-refractivity contribution in [3.63, 3.8) is 0 Å². The van der Waals surface area contributed by atoms with Crippen molar-refractivity contribution in [2.24, 2.45) is 0 Å². The van der Waals surface area contributed by atoms with Crippen LogP contribution in [0.4, 0.5) is 0 Å². The monoisotopic (exact) mass is 306 g/mol. The highest BCUT2D eigenvalue weighted by Crippen LogP contribution is 2.28. The summed E-state index contributed by atoms with van der Waals surface area (Å²) in [5.74, 6) is 0.917. The van der Waals surface area contributed by atoms with Gasteiger partial charge in [0.15, 0.2) is 0 Å². The fourth-order valence-electron chi connectivity index (χ4n) is 1.92. The van der Waals surface area contributed by atoms with Crippen LogP contribution in [0, 0.1) is 0 Å². The number of nitrogens with one attached hydrogen (secondary N) is 1. The van der Waals surface area contributed by atoms with Crippen LogP contribution in [0.15, 0.2) is 53.7 Å². The Labute approximate surface area is 130 Å². The molecule has 106 valence electrons. The van der Waals surface area contributed by atoms with Crippen molar-refractivity contribution in [3.05, 3.63) is 59.2 Å². The van der Waals surface area contributed by atoms with Crippen LogP contribution in [0.3, 0.4) is 0 Å². The predicted molar refractivity (Wildman–Crippen MR) is 87.4 cm³/mol. The van der Waals surface area contributed by atoms with E-state index in [1.54, 1.807) is 18.0 Å². The van der Waals surface area contributed by atoms with Gasteiger partial charge >= 0.3 is 0 Å². The molecule has 0 fully saturated rings. The molecule has 0 spiro atoms. The summed E-state index contributed by atoms with van der Waals surface area (Å²) < 4.78 is 0. The Morgan fingerprint density at radius 3 is 2.70 bits per heavy atom. The van der Waals surface area contributed by atoms with Gasteiger partial charge in [-0.2, -0.15) is 0 Å². The molecule has 1 heterocycles. The summed E-state index contributed by atoms with van der Waals surface area (Å²) >= 11 is 7.85. The van der Waals surface area contributed by atoms with Gasteiger partial charge in [0.25, 0.3) is 0 Å². The highest BCUT2D eigenvalue weighted by atomic mass is 35.5. The molecule has 2 aromatic rings. The molecule has 0 amide bonds. The topological polar surface area (TPSA) is 24.9 Å². The highest BCUT2D eigenvalue weighted by Gasteiger charge is 2.12. The molecule has 20 heavy (non-hydrogen) atoms. The number of pyridine rings is 1. The van der Waals surface area contributed by atoms with Crippen LogP contribution in [0.1, 0.15) is 24.9 Å². The van der Waals surface area contributed by atoms with Crippen LogP contribution < -0.4 is 5.32 Å². The Morgan fingerprint density at radius 1 is 1.20 bits per heavy atom. The number of hydrogen-bond donors (Lipinski definition) is 1. The van der Waals surface area contributed by atoms with E-state index in [-0.39, 0.29) is 0 Å². The average Bonchev–Trinajstić information content (AvgIpc) is 2.50. The third-order valence-electron chi connectivity index (χ3n) is 2.95. The quantitative estimate of drug-likeness (QED) is 0.759. The Balaban J connectivity index is 2.03. The maximum absolute atomic E-state index is 6.15. The smallest absolute Gasteiger partial charge is 0.115 e. The third-order valence-corrected chi connectivity index (χ3v) is 4.47. The molecule has 0 aliphatic heterocycles. The maximum Gasteiger partial charge on any atom is 0.115 e. The SMILES string of the molecule is CCCNC(CSc1ncccc1Cl)c1ccccc1. The lowest BCUT2D eigenvalue weighted by atomic mass is 10.1. The van der Waals surface area contributed by atoms with E-state index in [2.05, 4.69) is 41.5 Å². The van der Waals surface area contributed by atoms with Gasteiger partial charge in [-0.05, 0) is 30.7 Å². The van der Waals surface area contributed by atoms with E-state index in [1.165, 1.54) is 5.56 Å². The molecule has 1 atom stereocenters. The van der Waals surface area contributed by atoms with Gasteiger partial charge in [-0.25, -0.2) is 4.98 Å². The predicted octanol–water partition coefficient (Wildman–Crippen LogP) is 4.57. The van der Waals surface area contributed by atoms with E-state index in [0.717, 1.165) is 28.8 Å². The third kappa shape index (κ3) is 4.51. The van der Waals surface area contributed by atoms with E-state index in [9.17, 15) is 0 Å². The van der Waals surface area contributed by atoms with Crippen molar-refractivity contribution in [1.29, 1.82) is 0 Å². The Morgan fingerprint density at radius 2 is 2.00 bits per heavy atom. The number of aromatic nitrogens is 1. The van der Waals surface area contributed by atoms with Gasteiger partial charge in [0.05, 0.1) is 5.02 Å². The minimum absolute atomic E-state index is 0.319. The summed E-state index contributed by atoms with van der Waals surface area (Å²) in [7, 11) is 0. The second kappa shape index (κ2) is 8.30. The molecule has 0 radical (unpaired) electrons. The maximum atomic E-state index is 6.15. The van der Waals surface area contributed by atoms with E-state index < -0.39 is 0 Å². The molecule has 0 saturated carbocycles. The van der Waals surface area contributed by atoms with Gasteiger partial charge < -0.3 is 5.32 Å². The first kappa shape index (κ1) is 15.4. The number of hydrogen-bond acceptors (Lipinski definition) is 3. The van der Waals surface area contributed by atoms with Crippen LogP contribution in [0.25, 0.3) is 0 Å². The molecule has 1 aromatic heterocycles. The molecule has 1 unspecified atom stereocenters. The van der Waals surface area contributed by atoms with Crippen molar-refractivity contribution in [2.45, 2.75) is 24.4 Å². The highest BCUT2D eigenvalue weighted by molar-refractivity contribution is 7.99. The van der Waals surface area contributed by atoms with E-state index in [4.69, 9.17) is 11.6 Å². The fraction of sp³-hybridized carbons (Fsp3) is 0.312. The zero-order valence-corrected chi connectivity index (χ0v) is 13.1. The van der Waals surface area contributed by atoms with Gasteiger partial charge in [-0.1, -0.05) is 48.9 Å². The lowest BCUT2D eigenvalue weighted by molar-refractivity contribution is 0.577. The fourth-order valence-corrected chi connectivity index (χ4v) is 3.18. The van der Waals surface area contributed by atoms with Gasteiger partial charge in [0.2, 0.25) is 0 Å². The molecule has 2 rings (SSSR count). The van der Waals surface area contributed by atoms with Gasteiger partial charge in [-0.3, -0.25) is 0 Å². The lowest BCUT2D eigenvalue weighted by Crippen LogP contribution is -2.24. The number of halogens is 1. The largest absolute Gasteiger partial charge is 0.309 e. The lowest BCUT2D eigenvalue weighted by Gasteiger charge is -2.18. The van der Waals surface area contributed by atoms with Crippen molar-refractivity contribution < 1.29 is 0 Å². The summed E-state index contributed by atoms with van der Waals surface area (Å²) in [6.07, 6.45) is 2.91. The Bertz CT molecular complexity index is 519. The van der Waals surface area contributed by atoms with Crippen molar-refractivity contribution in [1.82, 2.24) is 10.3 Å². The molecule has 0 saturated heterocycles. The molecular formula is C16H19ClN2S. The van der Waals surface area contributed by atoms with Crippen LogP contribution >= 0.6 is 23.4 Å². The van der Waals surface area contributed by atoms with Crippen molar-refractivity contribution in [3.8, 4) is 0 Å². The number of nitrogens with zero attached hydrogens (tertiary/aromatic N) is 1. The minimum Gasteiger partial charge on any atom is -0.309 e. The molecule has 1 aromatic carbocycles. The van der Waals surface area contributed by atoms with Crippen LogP contribution in [0.2, 0.25) is 5.02 Å². The second-order valence-corrected chi connectivity index (χ2v) is 5.93. The zero-order valence-electron chi connectivity index (χ0n) is 11.6. The molecular weight excluding hydrogens is 288 g/mol. The summed E-state index contributed by atoms with van der Waals surface area (Å²) in [6.45, 7) is 3.19. The number of benzene rings is 1. The molecule has 2 nitrogen and oxygen atoms in total. The summed E-state index contributed by atoms with van der Waals surface area (Å²) in [6, 6.07) is 14.6. The number of thioether (sulfide) groups is 1. The summed E-state index contributed by atoms with van der Waals surface area (Å²) in [5.41, 5.74) is 1.31. The second-order valence-electron chi connectivity index (χ2n) is 4.52. The van der Waals surface area contributed by atoms with Crippen LogP contribution in [0.5, 0.6) is 0 Å². The Kier molecular flexibility index (Phi) is 6.37. The minimum atomic E-state index is 0.319.